The van der Waals surface area contributed by atoms with Crippen LogP contribution in [0.15, 0.2) is 47.4 Å². The highest BCUT2D eigenvalue weighted by Crippen LogP contribution is 2.21. The van der Waals surface area contributed by atoms with Gasteiger partial charge in [-0.15, -0.1) is 0 Å². The molecule has 0 aliphatic rings. The average Bonchev–Trinajstić information content (AvgIpc) is 2.68. The maximum Gasteiger partial charge on any atom is 0.338 e. The normalized spacial score (nSPS) is 11.0. The summed E-state index contributed by atoms with van der Waals surface area (Å²) in [5.74, 6) is -1.01. The van der Waals surface area contributed by atoms with Crippen molar-refractivity contribution in [1.82, 2.24) is 5.32 Å². The average molecular weight is 419 g/mol. The number of hydrogen-bond acceptors (Lipinski definition) is 5. The zero-order valence-corrected chi connectivity index (χ0v) is 17.6. The number of hydrogen-bond donors (Lipinski definition) is 2. The molecule has 0 atom stereocenters. The molecule has 0 saturated heterocycles. The van der Waals surface area contributed by atoms with Crippen molar-refractivity contribution < 1.29 is 22.7 Å². The molecule has 0 aliphatic heterocycles. The first-order valence-corrected chi connectivity index (χ1v) is 10.8. The maximum atomic E-state index is 12.6. The number of carbonyl (C=O) groups is 2. The molecule has 2 aromatic carbocycles. The first-order chi connectivity index (χ1) is 13.7. The summed E-state index contributed by atoms with van der Waals surface area (Å²) in [7, 11) is -3.75. The van der Waals surface area contributed by atoms with Gasteiger partial charge in [0.15, 0.2) is 6.61 Å². The molecule has 0 heterocycles. The van der Waals surface area contributed by atoms with Crippen molar-refractivity contribution in [3.63, 3.8) is 0 Å². The van der Waals surface area contributed by atoms with Gasteiger partial charge in [0, 0.05) is 12.2 Å². The van der Waals surface area contributed by atoms with Gasteiger partial charge in [0.2, 0.25) is 0 Å². The van der Waals surface area contributed by atoms with Crippen LogP contribution in [0, 0.1) is 13.8 Å². The third-order valence-electron chi connectivity index (χ3n) is 4.19. The zero-order chi connectivity index (χ0) is 21.4. The van der Waals surface area contributed by atoms with Crippen LogP contribution in [-0.2, 0) is 19.6 Å². The van der Waals surface area contributed by atoms with Crippen molar-refractivity contribution in [2.75, 3.05) is 17.9 Å². The van der Waals surface area contributed by atoms with E-state index in [1.807, 2.05) is 19.9 Å². The standard InChI is InChI=1S/C21H26N2O5S/c1-4-5-12-22-20(24)14-28-21(25)17-8-10-18(11-9-17)23-29(26,27)19-13-15(2)6-7-16(19)3/h6-11,13,23H,4-5,12,14H2,1-3H3,(H,22,24). The molecule has 7 nitrogen and oxygen atoms in total. The number of benzene rings is 2. The Morgan fingerprint density at radius 3 is 2.38 bits per heavy atom. The van der Waals surface area contributed by atoms with E-state index in [1.54, 1.807) is 19.1 Å². The minimum Gasteiger partial charge on any atom is -0.452 e. The number of carbonyl (C=O) groups excluding carboxylic acids is 2. The summed E-state index contributed by atoms with van der Waals surface area (Å²) < 4.78 is 32.7. The van der Waals surface area contributed by atoms with Gasteiger partial charge in [-0.25, -0.2) is 13.2 Å². The fourth-order valence-corrected chi connectivity index (χ4v) is 3.94. The molecular formula is C21H26N2O5S. The van der Waals surface area contributed by atoms with E-state index in [1.165, 1.54) is 24.3 Å². The lowest BCUT2D eigenvalue weighted by Gasteiger charge is -2.11. The molecule has 8 heteroatoms. The van der Waals surface area contributed by atoms with E-state index in [9.17, 15) is 18.0 Å². The highest BCUT2D eigenvalue weighted by atomic mass is 32.2. The number of unbranched alkanes of at least 4 members (excludes halogenated alkanes) is 1. The molecule has 2 rings (SSSR count). The van der Waals surface area contributed by atoms with Crippen LogP contribution in [-0.4, -0.2) is 33.4 Å². The third kappa shape index (κ3) is 6.60. The lowest BCUT2D eigenvalue weighted by molar-refractivity contribution is -0.124. The predicted octanol–water partition coefficient (Wildman–Crippen LogP) is 3.18. The van der Waals surface area contributed by atoms with E-state index in [4.69, 9.17) is 4.74 Å². The number of amides is 1. The van der Waals surface area contributed by atoms with Gasteiger partial charge in [0.25, 0.3) is 15.9 Å². The number of ether oxygens (including phenoxy) is 1. The third-order valence-corrected chi connectivity index (χ3v) is 5.72. The quantitative estimate of drug-likeness (QED) is 0.481. The summed E-state index contributed by atoms with van der Waals surface area (Å²) in [6.45, 7) is 5.75. The number of rotatable bonds is 9. The van der Waals surface area contributed by atoms with Gasteiger partial charge in [-0.1, -0.05) is 25.5 Å². The number of esters is 1. The fourth-order valence-electron chi connectivity index (χ4n) is 2.55. The van der Waals surface area contributed by atoms with E-state index in [0.717, 1.165) is 18.4 Å². The molecule has 2 aromatic rings. The zero-order valence-electron chi connectivity index (χ0n) is 16.8. The Hall–Kier alpha value is -2.87. The number of nitrogens with one attached hydrogen (secondary N) is 2. The first-order valence-electron chi connectivity index (χ1n) is 9.37. The molecule has 0 spiro atoms. The van der Waals surface area contributed by atoms with Crippen molar-refractivity contribution in [1.29, 1.82) is 0 Å². The lowest BCUT2D eigenvalue weighted by Crippen LogP contribution is -2.29. The Morgan fingerprint density at radius 1 is 1.03 bits per heavy atom. The molecule has 0 bridgehead atoms. The molecule has 0 saturated carbocycles. The van der Waals surface area contributed by atoms with Crippen LogP contribution >= 0.6 is 0 Å². The number of anilines is 1. The van der Waals surface area contributed by atoms with E-state index in [-0.39, 0.29) is 23.0 Å². The van der Waals surface area contributed by atoms with Gasteiger partial charge >= 0.3 is 5.97 Å². The van der Waals surface area contributed by atoms with E-state index >= 15 is 0 Å². The van der Waals surface area contributed by atoms with Crippen molar-refractivity contribution in [2.24, 2.45) is 0 Å². The topological polar surface area (TPSA) is 102 Å². The van der Waals surface area contributed by atoms with Crippen LogP contribution in [0.25, 0.3) is 0 Å². The molecule has 29 heavy (non-hydrogen) atoms. The second-order valence-electron chi connectivity index (χ2n) is 6.73. The molecule has 156 valence electrons. The Bertz CT molecular complexity index is 969. The molecule has 0 radical (unpaired) electrons. The smallest absolute Gasteiger partial charge is 0.338 e. The Balaban J connectivity index is 1.98. The van der Waals surface area contributed by atoms with E-state index in [2.05, 4.69) is 10.0 Å². The largest absolute Gasteiger partial charge is 0.452 e. The lowest BCUT2D eigenvalue weighted by atomic mass is 10.2. The summed E-state index contributed by atoms with van der Waals surface area (Å²) in [6.07, 6.45) is 1.82. The minimum absolute atomic E-state index is 0.204. The molecule has 1 amide bonds. The Morgan fingerprint density at radius 2 is 1.72 bits per heavy atom. The van der Waals surface area contributed by atoms with Gasteiger partial charge in [0.1, 0.15) is 0 Å². The van der Waals surface area contributed by atoms with Crippen molar-refractivity contribution in [3.8, 4) is 0 Å². The molecule has 0 aromatic heterocycles. The molecule has 2 N–H and O–H groups in total. The Labute approximate surface area is 171 Å². The molecule has 0 unspecified atom stereocenters. The van der Waals surface area contributed by atoms with Crippen LogP contribution in [0.5, 0.6) is 0 Å². The maximum absolute atomic E-state index is 12.6. The second kappa shape index (κ2) is 10.1. The van der Waals surface area contributed by atoms with Crippen molar-refractivity contribution in [3.05, 3.63) is 59.2 Å². The van der Waals surface area contributed by atoms with E-state index < -0.39 is 16.0 Å². The van der Waals surface area contributed by atoms with Crippen LogP contribution in [0.3, 0.4) is 0 Å². The van der Waals surface area contributed by atoms with E-state index in [0.29, 0.717) is 17.8 Å². The SMILES string of the molecule is CCCCNC(=O)COC(=O)c1ccc(NS(=O)(=O)c2cc(C)ccc2C)cc1. The van der Waals surface area contributed by atoms with Gasteiger partial charge < -0.3 is 10.1 Å². The summed E-state index contributed by atoms with van der Waals surface area (Å²) in [5.41, 5.74) is 2.02. The van der Waals surface area contributed by atoms with Crippen LogP contribution in [0.1, 0.15) is 41.3 Å². The van der Waals surface area contributed by atoms with Gasteiger partial charge in [-0.05, 0) is 61.7 Å². The van der Waals surface area contributed by atoms with Crippen LogP contribution < -0.4 is 10.0 Å². The highest BCUT2D eigenvalue weighted by molar-refractivity contribution is 7.92. The number of sulfonamides is 1. The fraction of sp³-hybridized carbons (Fsp3) is 0.333. The Kier molecular flexibility index (Phi) is 7.78. The summed E-state index contributed by atoms with van der Waals surface area (Å²) in [5, 5.41) is 2.66. The second-order valence-corrected chi connectivity index (χ2v) is 8.38. The minimum atomic E-state index is -3.75. The van der Waals surface area contributed by atoms with Crippen LogP contribution in [0.2, 0.25) is 0 Å². The van der Waals surface area contributed by atoms with Crippen LogP contribution in [0.4, 0.5) is 5.69 Å². The van der Waals surface area contributed by atoms with Gasteiger partial charge in [-0.3, -0.25) is 9.52 Å². The van der Waals surface area contributed by atoms with Crippen molar-refractivity contribution >= 4 is 27.6 Å². The highest BCUT2D eigenvalue weighted by Gasteiger charge is 2.17. The summed E-state index contributed by atoms with van der Waals surface area (Å²) in [6, 6.07) is 11.0. The molecule has 0 aliphatic carbocycles. The van der Waals surface area contributed by atoms with Gasteiger partial charge in [0.05, 0.1) is 10.5 Å². The van der Waals surface area contributed by atoms with Gasteiger partial charge in [-0.2, -0.15) is 0 Å². The summed E-state index contributed by atoms with van der Waals surface area (Å²) >= 11 is 0. The molecular weight excluding hydrogens is 392 g/mol. The summed E-state index contributed by atoms with van der Waals surface area (Å²) in [4.78, 5) is 23.8. The number of aryl methyl sites for hydroxylation is 2. The van der Waals surface area contributed by atoms with Crippen molar-refractivity contribution in [2.45, 2.75) is 38.5 Å². The first kappa shape index (κ1) is 22.4. The monoisotopic (exact) mass is 418 g/mol. The predicted molar refractivity (Wildman–Crippen MR) is 111 cm³/mol. The molecule has 0 fully saturated rings.